The number of carbonyl (C=O) groups is 2. The van der Waals surface area contributed by atoms with Gasteiger partial charge in [0.2, 0.25) is 0 Å². The van der Waals surface area contributed by atoms with Gasteiger partial charge in [0.15, 0.2) is 12.1 Å². The van der Waals surface area contributed by atoms with Crippen LogP contribution in [0.3, 0.4) is 0 Å². The largest absolute Gasteiger partial charge is 0.444 e. The number of aliphatic hydroxyl groups excluding tert-OH is 1. The van der Waals surface area contributed by atoms with Crippen LogP contribution in [0.2, 0.25) is 0 Å². The normalized spacial score (nSPS) is 15.1. The Balaban J connectivity index is 4.81. The maximum absolute atomic E-state index is 12.1. The Morgan fingerprint density at radius 2 is 1.65 bits per heavy atom. The smallest absolute Gasteiger partial charge is 0.408 e. The summed E-state index contributed by atoms with van der Waals surface area (Å²) >= 11 is 0. The van der Waals surface area contributed by atoms with Crippen LogP contribution in [0.15, 0.2) is 0 Å². The van der Waals surface area contributed by atoms with E-state index < -0.39 is 35.7 Å². The quantitative estimate of drug-likeness (QED) is 0.643. The highest BCUT2D eigenvalue weighted by molar-refractivity contribution is 5.89. The molecule has 0 heterocycles. The Bertz CT molecular complexity index is 333. The van der Waals surface area contributed by atoms with Crippen LogP contribution >= 0.6 is 0 Å². The van der Waals surface area contributed by atoms with Gasteiger partial charge < -0.3 is 20.3 Å². The maximum atomic E-state index is 12.1. The molecule has 0 aliphatic rings. The van der Waals surface area contributed by atoms with Crippen LogP contribution in [0.25, 0.3) is 0 Å². The highest BCUT2D eigenvalue weighted by atomic mass is 16.6. The van der Waals surface area contributed by atoms with Crippen molar-refractivity contribution in [3.63, 3.8) is 0 Å². The Labute approximate surface area is 120 Å². The molecule has 0 aromatic heterocycles. The average Bonchev–Trinajstić information content (AvgIpc) is 2.22. The average molecular weight is 289 g/mol. The molecule has 3 N–H and O–H groups in total. The van der Waals surface area contributed by atoms with Crippen molar-refractivity contribution in [2.24, 2.45) is 11.8 Å². The summed E-state index contributed by atoms with van der Waals surface area (Å²) in [6, 6.07) is -0.790. The second-order valence-corrected chi connectivity index (χ2v) is 6.43. The number of alkyl carbamates (subject to hydrolysis) is 1. The zero-order valence-electron chi connectivity index (χ0n) is 13.1. The van der Waals surface area contributed by atoms with E-state index >= 15 is 0 Å². The van der Waals surface area contributed by atoms with Gasteiger partial charge in [0.05, 0.1) is 12.0 Å². The second kappa shape index (κ2) is 7.59. The van der Waals surface area contributed by atoms with Crippen LogP contribution in [0.1, 0.15) is 48.0 Å². The number of amides is 1. The third kappa shape index (κ3) is 7.45. The lowest BCUT2D eigenvalue weighted by Crippen LogP contribution is -2.47. The molecule has 0 spiro atoms. The highest BCUT2D eigenvalue weighted by Crippen LogP contribution is 2.14. The number of aliphatic hydroxyl groups is 2. The Morgan fingerprint density at radius 3 is 2.00 bits per heavy atom. The molecule has 118 valence electrons. The van der Waals surface area contributed by atoms with Gasteiger partial charge >= 0.3 is 6.09 Å². The predicted octanol–water partition coefficient (Wildman–Crippen LogP) is 1.44. The van der Waals surface area contributed by atoms with E-state index in [1.165, 1.54) is 6.92 Å². The summed E-state index contributed by atoms with van der Waals surface area (Å²) in [5.74, 6) is -1.21. The standard InChI is InChI=1S/C14H27NO5/c1-8(2)7-10(11(16)9(3)12(17)18)15-13(19)20-14(4,5)6/h8-10,12,17-18H,7H2,1-6H3,(H,15,19)/t9?,10-/m0/s1. The van der Waals surface area contributed by atoms with Crippen LogP contribution in [0, 0.1) is 11.8 Å². The van der Waals surface area contributed by atoms with Crippen LogP contribution < -0.4 is 5.32 Å². The first kappa shape index (κ1) is 18.9. The fourth-order valence-electron chi connectivity index (χ4n) is 1.63. The molecule has 0 bridgehead atoms. The lowest BCUT2D eigenvalue weighted by Gasteiger charge is -2.26. The van der Waals surface area contributed by atoms with E-state index in [0.29, 0.717) is 6.42 Å². The fourth-order valence-corrected chi connectivity index (χ4v) is 1.63. The molecule has 0 rings (SSSR count). The molecule has 0 saturated carbocycles. The molecule has 20 heavy (non-hydrogen) atoms. The molecule has 0 fully saturated rings. The minimum absolute atomic E-state index is 0.168. The monoisotopic (exact) mass is 289 g/mol. The van der Waals surface area contributed by atoms with Gasteiger partial charge in [0.1, 0.15) is 5.60 Å². The molecular formula is C14H27NO5. The summed E-state index contributed by atoms with van der Waals surface area (Å²) < 4.78 is 5.11. The van der Waals surface area contributed by atoms with Gasteiger partial charge in [-0.25, -0.2) is 4.79 Å². The van der Waals surface area contributed by atoms with E-state index in [-0.39, 0.29) is 5.92 Å². The number of carbonyl (C=O) groups excluding carboxylic acids is 2. The first-order valence-electron chi connectivity index (χ1n) is 6.83. The molecular weight excluding hydrogens is 262 g/mol. The molecule has 6 heteroatoms. The van der Waals surface area contributed by atoms with E-state index in [4.69, 9.17) is 14.9 Å². The highest BCUT2D eigenvalue weighted by Gasteiger charge is 2.30. The Kier molecular flexibility index (Phi) is 7.16. The SMILES string of the molecule is CC(C)C[C@H](NC(=O)OC(C)(C)C)C(=O)C(C)C(O)O. The molecule has 0 aromatic carbocycles. The third-order valence-electron chi connectivity index (χ3n) is 2.64. The lowest BCUT2D eigenvalue weighted by molar-refractivity contribution is -0.140. The van der Waals surface area contributed by atoms with Crippen molar-refractivity contribution >= 4 is 11.9 Å². The van der Waals surface area contributed by atoms with Crippen LogP contribution in [-0.2, 0) is 9.53 Å². The van der Waals surface area contributed by atoms with E-state index in [9.17, 15) is 9.59 Å². The number of nitrogens with one attached hydrogen (secondary N) is 1. The van der Waals surface area contributed by atoms with Crippen molar-refractivity contribution in [1.29, 1.82) is 0 Å². The molecule has 2 atom stereocenters. The molecule has 0 aliphatic carbocycles. The van der Waals surface area contributed by atoms with Crippen LogP contribution in [0.5, 0.6) is 0 Å². The van der Waals surface area contributed by atoms with Gasteiger partial charge in [-0.15, -0.1) is 0 Å². The lowest BCUT2D eigenvalue weighted by atomic mass is 9.93. The third-order valence-corrected chi connectivity index (χ3v) is 2.64. The second-order valence-electron chi connectivity index (χ2n) is 6.43. The van der Waals surface area contributed by atoms with Gasteiger partial charge in [0, 0.05) is 0 Å². The van der Waals surface area contributed by atoms with Gasteiger partial charge in [-0.1, -0.05) is 20.8 Å². The van der Waals surface area contributed by atoms with Crippen LogP contribution in [-0.4, -0.2) is 40.0 Å². The molecule has 1 amide bonds. The molecule has 0 aromatic rings. The first-order chi connectivity index (χ1) is 8.94. The van der Waals surface area contributed by atoms with Crippen molar-refractivity contribution in [3.05, 3.63) is 0 Å². The van der Waals surface area contributed by atoms with E-state index in [0.717, 1.165) is 0 Å². The number of hydrogen-bond acceptors (Lipinski definition) is 5. The molecule has 1 unspecified atom stereocenters. The first-order valence-corrected chi connectivity index (χ1v) is 6.83. The van der Waals surface area contributed by atoms with Crippen molar-refractivity contribution < 1.29 is 24.5 Å². The summed E-state index contributed by atoms with van der Waals surface area (Å²) in [6.45, 7) is 10.4. The van der Waals surface area contributed by atoms with E-state index in [1.54, 1.807) is 20.8 Å². The van der Waals surface area contributed by atoms with Crippen molar-refractivity contribution in [2.45, 2.75) is 65.9 Å². The summed E-state index contributed by atoms with van der Waals surface area (Å²) in [7, 11) is 0. The summed E-state index contributed by atoms with van der Waals surface area (Å²) in [6.07, 6.45) is -2.01. The van der Waals surface area contributed by atoms with Gasteiger partial charge in [-0.2, -0.15) is 0 Å². The summed E-state index contributed by atoms with van der Waals surface area (Å²) in [5, 5.41) is 20.7. The molecule has 0 aliphatic heterocycles. The Morgan fingerprint density at radius 1 is 1.15 bits per heavy atom. The fraction of sp³-hybridized carbons (Fsp3) is 0.857. The van der Waals surface area contributed by atoms with Gasteiger partial charge in [-0.05, 0) is 33.1 Å². The Hall–Kier alpha value is -1.14. The molecule has 0 radical (unpaired) electrons. The zero-order chi connectivity index (χ0) is 16.1. The number of ether oxygens (including phenoxy) is 1. The summed E-state index contributed by atoms with van der Waals surface area (Å²) in [4.78, 5) is 23.9. The minimum atomic E-state index is -1.74. The molecule has 6 nitrogen and oxygen atoms in total. The summed E-state index contributed by atoms with van der Waals surface area (Å²) in [5.41, 5.74) is -0.655. The maximum Gasteiger partial charge on any atom is 0.408 e. The van der Waals surface area contributed by atoms with Crippen molar-refractivity contribution in [3.8, 4) is 0 Å². The topological polar surface area (TPSA) is 95.9 Å². The zero-order valence-corrected chi connectivity index (χ0v) is 13.1. The van der Waals surface area contributed by atoms with Gasteiger partial charge in [0.25, 0.3) is 0 Å². The predicted molar refractivity (Wildman–Crippen MR) is 75.0 cm³/mol. The number of rotatable bonds is 6. The number of ketones is 1. The molecule has 0 saturated heterocycles. The van der Waals surface area contributed by atoms with Gasteiger partial charge in [-0.3, -0.25) is 4.79 Å². The number of Topliss-reactive ketones (excluding diaryl/α,β-unsaturated/α-hetero) is 1. The number of hydrogen-bond donors (Lipinski definition) is 3. The van der Waals surface area contributed by atoms with E-state index in [2.05, 4.69) is 5.32 Å². The van der Waals surface area contributed by atoms with E-state index in [1.807, 2.05) is 13.8 Å². The van der Waals surface area contributed by atoms with Crippen molar-refractivity contribution in [2.75, 3.05) is 0 Å². The van der Waals surface area contributed by atoms with Crippen LogP contribution in [0.4, 0.5) is 4.79 Å². The minimum Gasteiger partial charge on any atom is -0.444 e. The van der Waals surface area contributed by atoms with Crippen molar-refractivity contribution in [1.82, 2.24) is 5.32 Å².